The molecule has 3 amide bonds. The monoisotopic (exact) mass is 342 g/mol. The molecule has 0 unspecified atom stereocenters. The molecule has 0 bridgehead atoms. The molecule has 6 heteroatoms. The smallest absolute Gasteiger partial charge is 0.263 e. The lowest BCUT2D eigenvalue weighted by Gasteiger charge is -2.13. The van der Waals surface area contributed by atoms with Crippen LogP contribution in [0.4, 0.5) is 5.69 Å². The number of hydrogen-bond donors (Lipinski definition) is 1. The summed E-state index contributed by atoms with van der Waals surface area (Å²) in [7, 11) is 0. The molecule has 0 aromatic heterocycles. The minimum Gasteiger partial charge on any atom is -0.326 e. The first-order chi connectivity index (χ1) is 11.5. The van der Waals surface area contributed by atoms with E-state index in [1.165, 1.54) is 0 Å². The maximum absolute atomic E-state index is 12.3. The molecule has 0 atom stereocenters. The van der Waals surface area contributed by atoms with Crippen LogP contribution in [0.3, 0.4) is 0 Å². The van der Waals surface area contributed by atoms with Crippen molar-refractivity contribution in [2.45, 2.75) is 13.3 Å². The largest absolute Gasteiger partial charge is 0.326 e. The lowest BCUT2D eigenvalue weighted by atomic mass is 10.1. The number of benzene rings is 2. The Labute approximate surface area is 144 Å². The molecule has 24 heavy (non-hydrogen) atoms. The van der Waals surface area contributed by atoms with E-state index in [1.807, 2.05) is 19.1 Å². The Morgan fingerprint density at radius 3 is 2.46 bits per heavy atom. The number of imide groups is 1. The topological polar surface area (TPSA) is 66.5 Å². The summed E-state index contributed by atoms with van der Waals surface area (Å²) < 4.78 is 0. The molecular formula is C18H15ClN2O3. The van der Waals surface area contributed by atoms with Gasteiger partial charge in [0.2, 0.25) is 5.91 Å². The van der Waals surface area contributed by atoms with Crippen molar-refractivity contribution < 1.29 is 14.4 Å². The number of nitrogens with zero attached hydrogens (tertiary/aromatic N) is 1. The van der Waals surface area contributed by atoms with Gasteiger partial charge in [0.1, 0.15) is 0 Å². The summed E-state index contributed by atoms with van der Waals surface area (Å²) >= 11 is 6.00. The zero-order valence-corrected chi connectivity index (χ0v) is 13.8. The Morgan fingerprint density at radius 1 is 1.08 bits per heavy atom. The van der Waals surface area contributed by atoms with Crippen LogP contribution in [0.15, 0.2) is 42.5 Å². The molecule has 0 saturated carbocycles. The van der Waals surface area contributed by atoms with Gasteiger partial charge in [0, 0.05) is 18.7 Å². The summed E-state index contributed by atoms with van der Waals surface area (Å²) in [6.45, 7) is 1.97. The quantitative estimate of drug-likeness (QED) is 0.867. The third-order valence-corrected chi connectivity index (χ3v) is 4.16. The third kappa shape index (κ3) is 3.03. The molecule has 0 spiro atoms. The van der Waals surface area contributed by atoms with Gasteiger partial charge < -0.3 is 5.32 Å². The number of halogens is 1. The first-order valence-electron chi connectivity index (χ1n) is 7.48. The molecule has 1 heterocycles. The van der Waals surface area contributed by atoms with Gasteiger partial charge >= 0.3 is 0 Å². The van der Waals surface area contributed by atoms with Gasteiger partial charge in [0.05, 0.1) is 16.1 Å². The van der Waals surface area contributed by atoms with E-state index in [4.69, 9.17) is 11.6 Å². The number of amides is 3. The lowest BCUT2D eigenvalue weighted by molar-refractivity contribution is -0.116. The van der Waals surface area contributed by atoms with Gasteiger partial charge in [-0.1, -0.05) is 35.4 Å². The molecule has 0 fully saturated rings. The van der Waals surface area contributed by atoms with Crippen LogP contribution in [0.25, 0.3) is 0 Å². The number of anilines is 1. The Kier molecular flexibility index (Phi) is 4.36. The number of nitrogens with one attached hydrogen (secondary N) is 1. The van der Waals surface area contributed by atoms with Crippen molar-refractivity contribution in [2.75, 3.05) is 11.9 Å². The Morgan fingerprint density at radius 2 is 1.79 bits per heavy atom. The SMILES string of the molecule is Cc1ccc(NC(=O)CCN2C(=O)c3cccc(Cl)c3C2=O)cc1. The van der Waals surface area contributed by atoms with E-state index in [9.17, 15) is 14.4 Å². The number of hydrogen-bond acceptors (Lipinski definition) is 3. The second kappa shape index (κ2) is 6.45. The summed E-state index contributed by atoms with van der Waals surface area (Å²) in [5, 5.41) is 2.99. The normalized spacial score (nSPS) is 13.2. The molecule has 1 aliphatic rings. The van der Waals surface area contributed by atoms with Crippen LogP contribution in [0.1, 0.15) is 32.7 Å². The molecule has 2 aromatic carbocycles. The van der Waals surface area contributed by atoms with Crippen molar-refractivity contribution in [3.05, 3.63) is 64.2 Å². The van der Waals surface area contributed by atoms with Crippen molar-refractivity contribution in [2.24, 2.45) is 0 Å². The third-order valence-electron chi connectivity index (χ3n) is 3.85. The molecule has 3 rings (SSSR count). The predicted molar refractivity (Wildman–Crippen MR) is 91.2 cm³/mol. The van der Waals surface area contributed by atoms with Crippen LogP contribution in [0.5, 0.6) is 0 Å². The maximum Gasteiger partial charge on any atom is 0.263 e. The van der Waals surface area contributed by atoms with E-state index in [0.29, 0.717) is 5.69 Å². The van der Waals surface area contributed by atoms with Crippen LogP contribution in [-0.4, -0.2) is 29.2 Å². The molecule has 5 nitrogen and oxygen atoms in total. The minimum atomic E-state index is -0.455. The van der Waals surface area contributed by atoms with E-state index in [0.717, 1.165) is 10.5 Å². The highest BCUT2D eigenvalue weighted by molar-refractivity contribution is 6.37. The Bertz CT molecular complexity index is 831. The Balaban J connectivity index is 1.64. The average molecular weight is 343 g/mol. The van der Waals surface area contributed by atoms with Gasteiger partial charge in [-0.3, -0.25) is 19.3 Å². The van der Waals surface area contributed by atoms with E-state index in [1.54, 1.807) is 30.3 Å². The molecule has 1 aliphatic heterocycles. The fourth-order valence-corrected chi connectivity index (χ4v) is 2.82. The summed E-state index contributed by atoms with van der Waals surface area (Å²) in [5.41, 5.74) is 2.27. The van der Waals surface area contributed by atoms with Gasteiger partial charge in [-0.05, 0) is 31.2 Å². The molecule has 2 aromatic rings. The Hall–Kier alpha value is -2.66. The second-order valence-corrected chi connectivity index (χ2v) is 6.00. The first-order valence-corrected chi connectivity index (χ1v) is 7.86. The molecule has 122 valence electrons. The van der Waals surface area contributed by atoms with Gasteiger partial charge in [-0.25, -0.2) is 0 Å². The fraction of sp³-hybridized carbons (Fsp3) is 0.167. The van der Waals surface area contributed by atoms with E-state index in [2.05, 4.69) is 5.32 Å². The van der Waals surface area contributed by atoms with Crippen molar-refractivity contribution >= 4 is 35.0 Å². The van der Waals surface area contributed by atoms with E-state index in [-0.39, 0.29) is 35.0 Å². The highest BCUT2D eigenvalue weighted by Crippen LogP contribution is 2.29. The standard InChI is InChI=1S/C18H15ClN2O3/c1-11-5-7-12(8-6-11)20-15(22)9-10-21-17(23)13-3-2-4-14(19)16(13)18(21)24/h2-8H,9-10H2,1H3,(H,20,22). The molecular weight excluding hydrogens is 328 g/mol. The fourth-order valence-electron chi connectivity index (χ4n) is 2.57. The number of carbonyl (C=O) groups is 3. The zero-order chi connectivity index (χ0) is 17.3. The lowest BCUT2D eigenvalue weighted by Crippen LogP contribution is -2.32. The van der Waals surface area contributed by atoms with Crippen LogP contribution in [-0.2, 0) is 4.79 Å². The number of rotatable bonds is 4. The van der Waals surface area contributed by atoms with Gasteiger partial charge in [0.15, 0.2) is 0 Å². The van der Waals surface area contributed by atoms with Crippen molar-refractivity contribution in [1.29, 1.82) is 0 Å². The van der Waals surface area contributed by atoms with Crippen LogP contribution < -0.4 is 5.32 Å². The van der Waals surface area contributed by atoms with E-state index >= 15 is 0 Å². The number of fused-ring (bicyclic) bond motifs is 1. The van der Waals surface area contributed by atoms with Crippen molar-refractivity contribution in [3.8, 4) is 0 Å². The highest BCUT2D eigenvalue weighted by atomic mass is 35.5. The molecule has 0 radical (unpaired) electrons. The molecule has 0 saturated heterocycles. The van der Waals surface area contributed by atoms with Gasteiger partial charge in [-0.15, -0.1) is 0 Å². The van der Waals surface area contributed by atoms with Gasteiger partial charge in [0.25, 0.3) is 11.8 Å². The number of aryl methyl sites for hydroxylation is 1. The van der Waals surface area contributed by atoms with Crippen LogP contribution in [0.2, 0.25) is 5.02 Å². The summed E-state index contributed by atoms with van der Waals surface area (Å²) in [5.74, 6) is -1.13. The van der Waals surface area contributed by atoms with Crippen molar-refractivity contribution in [1.82, 2.24) is 4.90 Å². The molecule has 1 N–H and O–H groups in total. The zero-order valence-electron chi connectivity index (χ0n) is 13.0. The van der Waals surface area contributed by atoms with E-state index < -0.39 is 11.8 Å². The van der Waals surface area contributed by atoms with Gasteiger partial charge in [-0.2, -0.15) is 0 Å². The summed E-state index contributed by atoms with van der Waals surface area (Å²) in [6, 6.07) is 12.1. The number of carbonyl (C=O) groups excluding carboxylic acids is 3. The second-order valence-electron chi connectivity index (χ2n) is 5.59. The molecule has 0 aliphatic carbocycles. The van der Waals surface area contributed by atoms with Crippen LogP contribution in [0, 0.1) is 6.92 Å². The predicted octanol–water partition coefficient (Wildman–Crippen LogP) is 3.27. The minimum absolute atomic E-state index is 0.0143. The van der Waals surface area contributed by atoms with Crippen molar-refractivity contribution in [3.63, 3.8) is 0 Å². The average Bonchev–Trinajstić information content (AvgIpc) is 2.80. The summed E-state index contributed by atoms with van der Waals surface area (Å²) in [4.78, 5) is 37.7. The highest BCUT2D eigenvalue weighted by Gasteiger charge is 2.36. The first kappa shape index (κ1) is 16.2. The maximum atomic E-state index is 12.3. The summed E-state index contributed by atoms with van der Waals surface area (Å²) in [6.07, 6.45) is 0.0248. The van der Waals surface area contributed by atoms with Crippen LogP contribution >= 0.6 is 11.6 Å².